The molecule has 2 heterocycles. The first-order chi connectivity index (χ1) is 12.4. The van der Waals surface area contributed by atoms with E-state index >= 15 is 0 Å². The van der Waals surface area contributed by atoms with Gasteiger partial charge in [-0.15, -0.1) is 11.3 Å². The van der Waals surface area contributed by atoms with Crippen molar-refractivity contribution in [2.24, 2.45) is 5.73 Å². The highest BCUT2D eigenvalue weighted by Crippen LogP contribution is 2.30. The number of hydrogen-bond acceptors (Lipinski definition) is 6. The van der Waals surface area contributed by atoms with Crippen LogP contribution in [0.4, 0.5) is 4.79 Å². The van der Waals surface area contributed by atoms with Crippen molar-refractivity contribution in [3.05, 3.63) is 47.0 Å². The van der Waals surface area contributed by atoms with E-state index < -0.39 is 24.0 Å². The van der Waals surface area contributed by atoms with Gasteiger partial charge in [0.25, 0.3) is 5.91 Å². The molecule has 3 aromatic rings. The molecule has 8 nitrogen and oxygen atoms in total. The van der Waals surface area contributed by atoms with Crippen LogP contribution in [0.3, 0.4) is 0 Å². The van der Waals surface area contributed by atoms with Gasteiger partial charge in [0, 0.05) is 5.39 Å². The van der Waals surface area contributed by atoms with Crippen molar-refractivity contribution >= 4 is 39.5 Å². The van der Waals surface area contributed by atoms with Crippen LogP contribution >= 0.6 is 11.3 Å². The number of ether oxygens (including phenoxy) is 1. The number of benzene rings is 1. The zero-order valence-corrected chi connectivity index (χ0v) is 14.9. The summed E-state index contributed by atoms with van der Waals surface area (Å²) in [7, 11) is 0. The van der Waals surface area contributed by atoms with Gasteiger partial charge in [-0.2, -0.15) is 5.10 Å². The monoisotopic (exact) mass is 372 g/mol. The third kappa shape index (κ3) is 3.42. The zero-order valence-electron chi connectivity index (χ0n) is 14.1. The van der Waals surface area contributed by atoms with Crippen molar-refractivity contribution in [2.45, 2.75) is 20.0 Å². The second kappa shape index (κ2) is 6.96. The molecule has 0 saturated carbocycles. The molecule has 1 atom stereocenters. The van der Waals surface area contributed by atoms with Crippen molar-refractivity contribution in [2.75, 3.05) is 0 Å². The predicted octanol–water partition coefficient (Wildman–Crippen LogP) is 2.14. The summed E-state index contributed by atoms with van der Waals surface area (Å²) in [6.45, 7) is 3.22. The molecule has 0 aliphatic rings. The molecule has 3 rings (SSSR count). The van der Waals surface area contributed by atoms with Crippen molar-refractivity contribution < 1.29 is 19.1 Å². The first-order valence-electron chi connectivity index (χ1n) is 7.72. The van der Waals surface area contributed by atoms with Crippen LogP contribution in [0.15, 0.2) is 36.4 Å². The Morgan fingerprint density at radius 3 is 2.62 bits per heavy atom. The second-order valence-corrected chi connectivity index (χ2v) is 6.59. The van der Waals surface area contributed by atoms with Crippen molar-refractivity contribution in [1.29, 1.82) is 0 Å². The van der Waals surface area contributed by atoms with Crippen LogP contribution in [-0.4, -0.2) is 33.8 Å². The van der Waals surface area contributed by atoms with Crippen LogP contribution in [0, 0.1) is 6.92 Å². The van der Waals surface area contributed by atoms with Gasteiger partial charge in [-0.1, -0.05) is 18.2 Å². The van der Waals surface area contributed by atoms with Crippen LogP contribution in [-0.2, 0) is 9.53 Å². The first-order valence-corrected chi connectivity index (χ1v) is 8.54. The minimum absolute atomic E-state index is 0.337. The maximum Gasteiger partial charge on any atom is 0.349 e. The average molecular weight is 372 g/mol. The lowest BCUT2D eigenvalue weighted by Crippen LogP contribution is -2.42. The van der Waals surface area contributed by atoms with Crippen LogP contribution in [0.25, 0.3) is 15.9 Å². The highest BCUT2D eigenvalue weighted by atomic mass is 32.1. The van der Waals surface area contributed by atoms with Gasteiger partial charge >= 0.3 is 12.0 Å². The molecule has 0 spiro atoms. The molecule has 2 aromatic heterocycles. The quantitative estimate of drug-likeness (QED) is 0.681. The number of nitrogens with two attached hydrogens (primary N) is 1. The SMILES string of the molecule is Cc1nn(-c2ccccc2)c2sc(C(=O)O[C@H](C)C(=O)NC(N)=O)cc12. The molecule has 0 unspecified atom stereocenters. The number of aryl methyl sites for hydroxylation is 1. The Kier molecular flexibility index (Phi) is 4.72. The summed E-state index contributed by atoms with van der Waals surface area (Å²) >= 11 is 1.22. The summed E-state index contributed by atoms with van der Waals surface area (Å²) in [6.07, 6.45) is -1.15. The van der Waals surface area contributed by atoms with Crippen molar-refractivity contribution in [3.63, 3.8) is 0 Å². The number of para-hydroxylation sites is 1. The zero-order chi connectivity index (χ0) is 18.8. The predicted molar refractivity (Wildman–Crippen MR) is 96.3 cm³/mol. The topological polar surface area (TPSA) is 116 Å². The number of thiophene rings is 1. The largest absolute Gasteiger partial charge is 0.448 e. The van der Waals surface area contributed by atoms with E-state index in [0.717, 1.165) is 21.6 Å². The molecular weight excluding hydrogens is 356 g/mol. The van der Waals surface area contributed by atoms with Gasteiger partial charge in [0.1, 0.15) is 9.71 Å². The van der Waals surface area contributed by atoms with Gasteiger partial charge in [0.05, 0.1) is 11.4 Å². The molecular formula is C17H16N4O4S. The maximum atomic E-state index is 12.3. The van der Waals surface area contributed by atoms with Gasteiger partial charge in [-0.05, 0) is 32.0 Å². The van der Waals surface area contributed by atoms with Crippen LogP contribution in [0.2, 0.25) is 0 Å². The number of nitrogens with one attached hydrogen (secondary N) is 1. The van der Waals surface area contributed by atoms with E-state index in [-0.39, 0.29) is 0 Å². The van der Waals surface area contributed by atoms with E-state index in [1.54, 1.807) is 10.7 Å². The van der Waals surface area contributed by atoms with Crippen LogP contribution < -0.4 is 11.1 Å². The van der Waals surface area contributed by atoms with Crippen LogP contribution in [0.5, 0.6) is 0 Å². The molecule has 0 aliphatic carbocycles. The molecule has 0 fully saturated rings. The standard InChI is InChI=1S/C17H16N4O4S/c1-9-12-8-13(16(23)25-10(2)14(22)19-17(18)24)26-15(12)21(20-9)11-6-4-3-5-7-11/h3-8,10H,1-2H3,(H3,18,19,22,24)/t10-/m1/s1. The van der Waals surface area contributed by atoms with E-state index in [4.69, 9.17) is 10.5 Å². The fraction of sp³-hybridized carbons (Fsp3) is 0.176. The lowest BCUT2D eigenvalue weighted by Gasteiger charge is -2.10. The van der Waals surface area contributed by atoms with E-state index in [1.807, 2.05) is 42.6 Å². The normalized spacial score (nSPS) is 11.9. The van der Waals surface area contributed by atoms with Crippen LogP contribution in [0.1, 0.15) is 22.3 Å². The Bertz CT molecular complexity index is 993. The van der Waals surface area contributed by atoms with Gasteiger partial charge in [0.15, 0.2) is 6.10 Å². The van der Waals surface area contributed by atoms with Gasteiger partial charge in [-0.3, -0.25) is 10.1 Å². The number of fused-ring (bicyclic) bond motifs is 1. The number of hydrogen-bond donors (Lipinski definition) is 2. The van der Waals surface area contributed by atoms with Gasteiger partial charge in [-0.25, -0.2) is 14.3 Å². The molecule has 9 heteroatoms. The van der Waals surface area contributed by atoms with E-state index in [1.165, 1.54) is 18.3 Å². The summed E-state index contributed by atoms with van der Waals surface area (Å²) in [6, 6.07) is 10.2. The van der Waals surface area contributed by atoms with Crippen molar-refractivity contribution in [1.82, 2.24) is 15.1 Å². The van der Waals surface area contributed by atoms with Gasteiger partial charge < -0.3 is 10.5 Å². The lowest BCUT2D eigenvalue weighted by molar-refractivity contribution is -0.127. The Labute approximate surface area is 152 Å². The summed E-state index contributed by atoms with van der Waals surface area (Å²) in [5.74, 6) is -1.43. The number of imide groups is 1. The second-order valence-electron chi connectivity index (χ2n) is 5.56. The molecule has 3 amide bonds. The fourth-order valence-electron chi connectivity index (χ4n) is 2.39. The smallest absolute Gasteiger partial charge is 0.349 e. The Balaban J connectivity index is 1.86. The molecule has 0 aliphatic heterocycles. The number of carbonyl (C=O) groups excluding carboxylic acids is 3. The van der Waals surface area contributed by atoms with E-state index in [2.05, 4.69) is 5.10 Å². The molecule has 0 bridgehead atoms. The van der Waals surface area contributed by atoms with E-state index in [9.17, 15) is 14.4 Å². The number of carbonyl (C=O) groups is 3. The molecule has 26 heavy (non-hydrogen) atoms. The highest BCUT2D eigenvalue weighted by Gasteiger charge is 2.23. The minimum atomic E-state index is -1.15. The number of primary amides is 1. The maximum absolute atomic E-state index is 12.3. The molecule has 3 N–H and O–H groups in total. The number of rotatable bonds is 4. The number of aromatic nitrogens is 2. The Hall–Kier alpha value is -3.20. The van der Waals surface area contributed by atoms with Gasteiger partial charge in [0.2, 0.25) is 0 Å². The molecule has 134 valence electrons. The summed E-state index contributed by atoms with van der Waals surface area (Å²) in [5.41, 5.74) is 6.53. The number of esters is 1. The third-order valence-electron chi connectivity index (χ3n) is 3.65. The van der Waals surface area contributed by atoms with E-state index in [0.29, 0.717) is 4.88 Å². The Morgan fingerprint density at radius 1 is 1.27 bits per heavy atom. The highest BCUT2D eigenvalue weighted by molar-refractivity contribution is 7.20. The lowest BCUT2D eigenvalue weighted by atomic mass is 10.3. The number of urea groups is 1. The summed E-state index contributed by atoms with van der Waals surface area (Å²) in [5, 5.41) is 7.21. The number of amides is 3. The molecule has 0 saturated heterocycles. The number of nitrogens with zero attached hydrogens (tertiary/aromatic N) is 2. The Morgan fingerprint density at radius 2 is 1.96 bits per heavy atom. The fourth-order valence-corrected chi connectivity index (χ4v) is 3.45. The third-order valence-corrected chi connectivity index (χ3v) is 4.74. The minimum Gasteiger partial charge on any atom is -0.448 e. The summed E-state index contributed by atoms with van der Waals surface area (Å²) in [4.78, 5) is 35.8. The molecule has 0 radical (unpaired) electrons. The van der Waals surface area contributed by atoms with Crippen molar-refractivity contribution in [3.8, 4) is 5.69 Å². The first kappa shape index (κ1) is 17.6. The molecule has 1 aromatic carbocycles. The summed E-state index contributed by atoms with van der Waals surface area (Å²) < 4.78 is 6.86. The average Bonchev–Trinajstić information content (AvgIpc) is 3.16.